The molecule has 2 rings (SSSR count). The number of aliphatic carboxylic acids is 1. The van der Waals surface area contributed by atoms with Crippen LogP contribution in [-0.2, 0) is 35.3 Å². The Morgan fingerprint density at radius 1 is 1.29 bits per heavy atom. The van der Waals surface area contributed by atoms with E-state index in [4.69, 9.17) is 18.9 Å². The standard InChI is InChI=1S/C23H34FNO9/c1-14(2)30-13-23(3,4)31-8-7-20(27)25-17-9-15(12-32-24)5-6-18(17)33-21-11-16(26)10-19(34-21)22(28)29/h5-6,9,14,16,19,21,26H,7-8,10-13H2,1-4H3,(H,25,27)(H,28,29)/t16-,19-,21?/m0/s1. The molecule has 0 aromatic heterocycles. The third-order valence-corrected chi connectivity index (χ3v) is 4.93. The van der Waals surface area contributed by atoms with E-state index in [-0.39, 0.29) is 55.9 Å². The van der Waals surface area contributed by atoms with E-state index in [2.05, 4.69) is 10.3 Å². The third kappa shape index (κ3) is 9.51. The number of nitrogens with one attached hydrogen (secondary N) is 1. The molecule has 192 valence electrons. The number of halogens is 1. The number of carboxylic acids is 1. The van der Waals surface area contributed by atoms with E-state index >= 15 is 0 Å². The van der Waals surface area contributed by atoms with Gasteiger partial charge in [0.15, 0.2) is 6.10 Å². The summed E-state index contributed by atoms with van der Waals surface area (Å²) in [6.07, 6.45) is -3.09. The van der Waals surface area contributed by atoms with Gasteiger partial charge in [0.25, 0.3) is 0 Å². The van der Waals surface area contributed by atoms with Gasteiger partial charge >= 0.3 is 5.97 Å². The van der Waals surface area contributed by atoms with E-state index < -0.39 is 30.1 Å². The molecule has 1 aromatic rings. The van der Waals surface area contributed by atoms with Gasteiger partial charge in [0.1, 0.15) is 12.4 Å². The number of hydrogen-bond acceptors (Lipinski definition) is 8. The van der Waals surface area contributed by atoms with Crippen molar-refractivity contribution in [3.63, 3.8) is 0 Å². The number of benzene rings is 1. The number of amides is 1. The highest BCUT2D eigenvalue weighted by Gasteiger charge is 2.34. The summed E-state index contributed by atoms with van der Waals surface area (Å²) >= 11 is 0. The molecule has 1 saturated heterocycles. The molecule has 0 bridgehead atoms. The Labute approximate surface area is 198 Å². The molecule has 11 heteroatoms. The summed E-state index contributed by atoms with van der Waals surface area (Å²) in [5, 5.41) is 21.8. The molecular weight excluding hydrogens is 453 g/mol. The molecule has 3 atom stereocenters. The average molecular weight is 488 g/mol. The topological polar surface area (TPSA) is 133 Å². The predicted octanol–water partition coefficient (Wildman–Crippen LogP) is 2.97. The van der Waals surface area contributed by atoms with Crippen LogP contribution in [0.15, 0.2) is 18.2 Å². The number of anilines is 1. The first-order chi connectivity index (χ1) is 16.0. The van der Waals surface area contributed by atoms with Gasteiger partial charge in [0, 0.05) is 12.8 Å². The van der Waals surface area contributed by atoms with Gasteiger partial charge in [-0.2, -0.15) is 4.94 Å². The lowest BCUT2D eigenvalue weighted by molar-refractivity contribution is -0.195. The van der Waals surface area contributed by atoms with Crippen molar-refractivity contribution in [2.24, 2.45) is 0 Å². The first-order valence-electron chi connectivity index (χ1n) is 11.1. The molecule has 1 fully saturated rings. The first kappa shape index (κ1) is 27.9. The molecule has 1 aromatic carbocycles. The second-order valence-electron chi connectivity index (χ2n) is 8.99. The van der Waals surface area contributed by atoms with Crippen LogP contribution < -0.4 is 10.1 Å². The minimum Gasteiger partial charge on any atom is -0.479 e. The average Bonchev–Trinajstić information content (AvgIpc) is 2.74. The van der Waals surface area contributed by atoms with Crippen LogP contribution in [0.4, 0.5) is 10.2 Å². The Kier molecular flexibility index (Phi) is 10.6. The number of carboxylic acid groups (broad SMARTS) is 1. The molecule has 34 heavy (non-hydrogen) atoms. The Morgan fingerprint density at radius 3 is 2.68 bits per heavy atom. The van der Waals surface area contributed by atoms with Gasteiger partial charge in [-0.1, -0.05) is 6.07 Å². The van der Waals surface area contributed by atoms with Crippen molar-refractivity contribution in [3.8, 4) is 5.75 Å². The normalized spacial score (nSPS) is 20.9. The van der Waals surface area contributed by atoms with Crippen LogP contribution in [0, 0.1) is 0 Å². The zero-order valence-electron chi connectivity index (χ0n) is 19.9. The Hall–Kier alpha value is -2.31. The number of carbonyl (C=O) groups excluding carboxylic acids is 1. The van der Waals surface area contributed by atoms with E-state index in [1.807, 2.05) is 27.7 Å². The Balaban J connectivity index is 2.02. The largest absolute Gasteiger partial charge is 0.479 e. The number of ether oxygens (including phenoxy) is 4. The van der Waals surface area contributed by atoms with Crippen LogP contribution in [0.2, 0.25) is 0 Å². The van der Waals surface area contributed by atoms with Gasteiger partial charge in [0.2, 0.25) is 12.2 Å². The number of aliphatic hydroxyl groups is 1. The van der Waals surface area contributed by atoms with E-state index in [0.29, 0.717) is 12.2 Å². The van der Waals surface area contributed by atoms with Crippen LogP contribution in [0.3, 0.4) is 0 Å². The first-order valence-corrected chi connectivity index (χ1v) is 11.1. The van der Waals surface area contributed by atoms with Gasteiger partial charge < -0.3 is 34.5 Å². The highest BCUT2D eigenvalue weighted by Crippen LogP contribution is 2.31. The van der Waals surface area contributed by atoms with E-state index in [0.717, 1.165) is 0 Å². The smallest absolute Gasteiger partial charge is 0.333 e. The molecule has 0 spiro atoms. The molecule has 0 aliphatic carbocycles. The second kappa shape index (κ2) is 13.0. The minimum atomic E-state index is -1.22. The lowest BCUT2D eigenvalue weighted by Gasteiger charge is -2.31. The highest BCUT2D eigenvalue weighted by molar-refractivity contribution is 5.92. The van der Waals surface area contributed by atoms with Gasteiger partial charge in [-0.05, 0) is 49.9 Å². The summed E-state index contributed by atoms with van der Waals surface area (Å²) < 4.78 is 34.8. The maximum Gasteiger partial charge on any atom is 0.333 e. The van der Waals surface area contributed by atoms with Crippen LogP contribution >= 0.6 is 0 Å². The van der Waals surface area contributed by atoms with Gasteiger partial charge in [-0.3, -0.25) is 4.79 Å². The van der Waals surface area contributed by atoms with Gasteiger partial charge in [-0.25, -0.2) is 4.79 Å². The second-order valence-corrected chi connectivity index (χ2v) is 8.99. The zero-order valence-corrected chi connectivity index (χ0v) is 19.9. The van der Waals surface area contributed by atoms with Crippen molar-refractivity contribution in [2.75, 3.05) is 18.5 Å². The molecule has 1 amide bonds. The lowest BCUT2D eigenvalue weighted by atomic mass is 10.1. The Bertz CT molecular complexity index is 818. The van der Waals surface area contributed by atoms with Crippen molar-refractivity contribution < 1.29 is 48.2 Å². The number of aliphatic hydroxyl groups excluding tert-OH is 1. The van der Waals surface area contributed by atoms with Gasteiger partial charge in [-0.15, -0.1) is 0 Å². The predicted molar refractivity (Wildman–Crippen MR) is 119 cm³/mol. The number of rotatable bonds is 13. The van der Waals surface area contributed by atoms with Crippen molar-refractivity contribution >= 4 is 17.6 Å². The number of hydrogen-bond donors (Lipinski definition) is 3. The van der Waals surface area contributed by atoms with Crippen LogP contribution in [0.25, 0.3) is 0 Å². The van der Waals surface area contributed by atoms with Crippen LogP contribution in [0.5, 0.6) is 5.75 Å². The fourth-order valence-electron chi connectivity index (χ4n) is 3.21. The van der Waals surface area contributed by atoms with E-state index in [1.54, 1.807) is 0 Å². The van der Waals surface area contributed by atoms with Gasteiger partial charge in [0.05, 0.1) is 43.1 Å². The lowest BCUT2D eigenvalue weighted by Crippen LogP contribution is -2.42. The fourth-order valence-corrected chi connectivity index (χ4v) is 3.21. The maximum absolute atomic E-state index is 12.5. The Morgan fingerprint density at radius 2 is 2.03 bits per heavy atom. The molecule has 1 heterocycles. The van der Waals surface area contributed by atoms with E-state index in [9.17, 15) is 24.3 Å². The molecule has 10 nitrogen and oxygen atoms in total. The third-order valence-electron chi connectivity index (χ3n) is 4.93. The highest BCUT2D eigenvalue weighted by atomic mass is 19.3. The SMILES string of the molecule is CC(C)OCC(C)(C)OCCC(=O)Nc1cc(COF)ccc1OC1C[C@@H](O)C[C@@H](C(=O)O)O1. The van der Waals surface area contributed by atoms with Crippen molar-refractivity contribution in [1.29, 1.82) is 0 Å². The summed E-state index contributed by atoms with van der Waals surface area (Å²) in [5.41, 5.74) is 0.0793. The van der Waals surface area contributed by atoms with Crippen molar-refractivity contribution in [3.05, 3.63) is 23.8 Å². The molecule has 1 aliphatic rings. The monoisotopic (exact) mass is 487 g/mol. The fraction of sp³-hybridized carbons (Fsp3) is 0.652. The quantitative estimate of drug-likeness (QED) is 0.384. The summed E-state index contributed by atoms with van der Waals surface area (Å²) in [6.45, 7) is 7.75. The summed E-state index contributed by atoms with van der Waals surface area (Å²) in [6, 6.07) is 4.48. The van der Waals surface area contributed by atoms with E-state index in [1.165, 1.54) is 18.2 Å². The van der Waals surface area contributed by atoms with Crippen LogP contribution in [-0.4, -0.2) is 65.5 Å². The van der Waals surface area contributed by atoms with Crippen molar-refractivity contribution in [1.82, 2.24) is 0 Å². The molecule has 0 saturated carbocycles. The summed E-state index contributed by atoms with van der Waals surface area (Å²) in [4.78, 5) is 27.5. The summed E-state index contributed by atoms with van der Waals surface area (Å²) in [7, 11) is 0. The number of carbonyl (C=O) groups is 2. The van der Waals surface area contributed by atoms with Crippen molar-refractivity contribution in [2.45, 2.75) is 83.8 Å². The molecule has 3 N–H and O–H groups in total. The molecule has 0 radical (unpaired) electrons. The molecule has 1 unspecified atom stereocenters. The molecular formula is C23H34FNO9. The summed E-state index contributed by atoms with van der Waals surface area (Å²) in [5.74, 6) is -1.42. The van der Waals surface area contributed by atoms with Crippen LogP contribution in [0.1, 0.15) is 52.5 Å². The zero-order chi connectivity index (χ0) is 25.3. The maximum atomic E-state index is 12.5. The minimum absolute atomic E-state index is 0.0358. The molecule has 1 aliphatic heterocycles.